The van der Waals surface area contributed by atoms with Crippen LogP contribution in [0.25, 0.3) is 0 Å². The molecule has 36 heavy (non-hydrogen) atoms. The van der Waals surface area contributed by atoms with Gasteiger partial charge in [0.05, 0.1) is 11.6 Å². The third-order valence-corrected chi connectivity index (χ3v) is 7.05. The lowest BCUT2D eigenvalue weighted by Crippen LogP contribution is -2.52. The molecule has 7 nitrogen and oxygen atoms in total. The molecule has 0 unspecified atom stereocenters. The van der Waals surface area contributed by atoms with Gasteiger partial charge in [-0.2, -0.15) is 0 Å². The number of ether oxygens (including phenoxy) is 2. The first kappa shape index (κ1) is 24.0. The minimum absolute atomic E-state index is 0.0829. The van der Waals surface area contributed by atoms with E-state index in [9.17, 15) is 9.59 Å². The molecule has 3 aliphatic rings. The minimum atomic E-state index is -0.464. The molecule has 7 heteroatoms. The molecule has 3 aromatic carbocycles. The van der Waals surface area contributed by atoms with Crippen LogP contribution in [-0.2, 0) is 11.3 Å². The summed E-state index contributed by atoms with van der Waals surface area (Å²) in [4.78, 5) is 28.1. The Hall–Kier alpha value is -3.68. The van der Waals surface area contributed by atoms with Crippen molar-refractivity contribution < 1.29 is 19.1 Å². The highest BCUT2D eigenvalue weighted by Crippen LogP contribution is 2.30. The molecular weight excluding hydrogens is 454 g/mol. The Bertz CT molecular complexity index is 1210. The quantitative estimate of drug-likeness (QED) is 0.383. The van der Waals surface area contributed by atoms with Gasteiger partial charge in [-0.3, -0.25) is 4.90 Å². The van der Waals surface area contributed by atoms with Gasteiger partial charge in [-0.25, -0.2) is 9.59 Å². The number of nitrogens with one attached hydrogen (secondary N) is 1. The molecule has 3 aliphatic heterocycles. The van der Waals surface area contributed by atoms with Gasteiger partial charge in [-0.05, 0) is 72.8 Å². The molecule has 0 aromatic heterocycles. The maximum atomic E-state index is 13.0. The fourth-order valence-electron chi connectivity index (χ4n) is 5.09. The molecule has 3 saturated heterocycles. The lowest BCUT2D eigenvalue weighted by atomic mass is 9.86. The molecule has 3 fully saturated rings. The van der Waals surface area contributed by atoms with Crippen molar-refractivity contribution in [2.24, 2.45) is 11.7 Å². The van der Waals surface area contributed by atoms with Crippen molar-refractivity contribution in [3.05, 3.63) is 101 Å². The summed E-state index contributed by atoms with van der Waals surface area (Å²) in [6.07, 6.45) is 1.62. The number of benzene rings is 3. The van der Waals surface area contributed by atoms with Crippen LogP contribution in [-0.4, -0.2) is 42.7 Å². The Morgan fingerprint density at radius 2 is 1.69 bits per heavy atom. The normalized spacial score (nSPS) is 21.4. The third kappa shape index (κ3) is 5.58. The molecule has 2 atom stereocenters. The van der Waals surface area contributed by atoms with Crippen LogP contribution in [0.2, 0.25) is 0 Å². The van der Waals surface area contributed by atoms with Crippen molar-refractivity contribution in [2.75, 3.05) is 19.6 Å². The Labute approximate surface area is 211 Å². The molecular formula is C29H31N3O4. The standard InChI is InChI=1S/C29H31N3O4/c30-18-20-6-4-10-24(16-20)28(33)35-25-11-5-9-23(17-25)27(22-7-2-1-3-8-22)31-29(34)36-26-19-32-14-12-21(26)13-15-32/h1-11,16-17,21,26-27H,12-15,18-19,30H2,(H,31,34)/t26-,27-/m0/s1. The van der Waals surface area contributed by atoms with E-state index in [-0.39, 0.29) is 6.10 Å². The van der Waals surface area contributed by atoms with Crippen molar-refractivity contribution in [3.63, 3.8) is 0 Å². The predicted molar refractivity (Wildman–Crippen MR) is 137 cm³/mol. The number of esters is 1. The lowest BCUT2D eigenvalue weighted by molar-refractivity contribution is -0.0336. The zero-order valence-corrected chi connectivity index (χ0v) is 20.1. The van der Waals surface area contributed by atoms with Gasteiger partial charge in [0.25, 0.3) is 0 Å². The van der Waals surface area contributed by atoms with Crippen molar-refractivity contribution in [1.82, 2.24) is 10.2 Å². The number of nitrogens with zero attached hydrogens (tertiary/aromatic N) is 1. The van der Waals surface area contributed by atoms with E-state index in [0.717, 1.165) is 49.2 Å². The van der Waals surface area contributed by atoms with Crippen LogP contribution in [0.1, 0.15) is 45.9 Å². The second kappa shape index (κ2) is 10.9. The first-order valence-electron chi connectivity index (χ1n) is 12.4. The fourth-order valence-corrected chi connectivity index (χ4v) is 5.09. The summed E-state index contributed by atoms with van der Waals surface area (Å²) in [5, 5.41) is 3.05. The summed E-state index contributed by atoms with van der Waals surface area (Å²) in [6.45, 7) is 3.31. The number of alkyl carbamates (subject to hydrolysis) is 1. The molecule has 2 bridgehead atoms. The molecule has 3 aromatic rings. The Morgan fingerprint density at radius 1 is 0.944 bits per heavy atom. The summed E-state index contributed by atoms with van der Waals surface area (Å²) in [6, 6.07) is 23.5. The van der Waals surface area contributed by atoms with E-state index in [1.54, 1.807) is 30.3 Å². The van der Waals surface area contributed by atoms with Crippen molar-refractivity contribution in [1.29, 1.82) is 0 Å². The number of carbonyl (C=O) groups excluding carboxylic acids is 2. The largest absolute Gasteiger partial charge is 0.445 e. The van der Waals surface area contributed by atoms with Gasteiger partial charge in [0.2, 0.25) is 0 Å². The molecule has 3 N–H and O–H groups in total. The average Bonchev–Trinajstić information content (AvgIpc) is 2.93. The van der Waals surface area contributed by atoms with Crippen LogP contribution in [0.15, 0.2) is 78.9 Å². The third-order valence-electron chi connectivity index (χ3n) is 7.05. The lowest BCUT2D eigenvalue weighted by Gasteiger charge is -2.43. The first-order valence-corrected chi connectivity index (χ1v) is 12.4. The van der Waals surface area contributed by atoms with Gasteiger partial charge >= 0.3 is 12.1 Å². The van der Waals surface area contributed by atoms with E-state index in [4.69, 9.17) is 15.2 Å². The monoisotopic (exact) mass is 485 g/mol. The second-order valence-electron chi connectivity index (χ2n) is 9.44. The molecule has 6 rings (SSSR count). The number of amides is 1. The van der Waals surface area contributed by atoms with E-state index in [1.165, 1.54) is 0 Å². The van der Waals surface area contributed by atoms with Crippen LogP contribution >= 0.6 is 0 Å². The molecule has 3 heterocycles. The van der Waals surface area contributed by atoms with Crippen molar-refractivity contribution in [2.45, 2.75) is 31.5 Å². The Kier molecular flexibility index (Phi) is 7.30. The van der Waals surface area contributed by atoms with E-state index in [2.05, 4.69) is 10.2 Å². The zero-order chi connectivity index (χ0) is 24.9. The summed E-state index contributed by atoms with van der Waals surface area (Å²) in [5.74, 6) is 0.356. The number of rotatable bonds is 7. The van der Waals surface area contributed by atoms with E-state index in [1.807, 2.05) is 48.5 Å². The Morgan fingerprint density at radius 3 is 2.42 bits per heavy atom. The van der Waals surface area contributed by atoms with E-state index >= 15 is 0 Å². The number of carbonyl (C=O) groups is 2. The zero-order valence-electron chi connectivity index (χ0n) is 20.1. The maximum Gasteiger partial charge on any atom is 0.408 e. The summed E-state index contributed by atoms with van der Waals surface area (Å²) in [5.41, 5.74) is 8.67. The molecule has 1 amide bonds. The van der Waals surface area contributed by atoms with Crippen LogP contribution in [0.4, 0.5) is 4.79 Å². The van der Waals surface area contributed by atoms with E-state index < -0.39 is 18.1 Å². The van der Waals surface area contributed by atoms with Gasteiger partial charge in [-0.1, -0.05) is 54.6 Å². The highest BCUT2D eigenvalue weighted by Gasteiger charge is 2.36. The smallest absolute Gasteiger partial charge is 0.408 e. The van der Waals surface area contributed by atoms with Gasteiger partial charge in [0.1, 0.15) is 11.9 Å². The summed E-state index contributed by atoms with van der Waals surface area (Å²) in [7, 11) is 0. The Balaban J connectivity index is 1.33. The number of piperidine rings is 3. The number of hydrogen-bond donors (Lipinski definition) is 2. The molecule has 0 radical (unpaired) electrons. The van der Waals surface area contributed by atoms with Crippen molar-refractivity contribution in [3.8, 4) is 5.75 Å². The topological polar surface area (TPSA) is 93.9 Å². The fraction of sp³-hybridized carbons (Fsp3) is 0.310. The SMILES string of the molecule is NCc1cccc(C(=O)Oc2cccc([C@@H](NC(=O)O[C@H]3CN4CCC3CC4)c3ccccc3)c2)c1. The van der Waals surface area contributed by atoms with Crippen LogP contribution < -0.4 is 15.8 Å². The first-order chi connectivity index (χ1) is 17.6. The molecule has 186 valence electrons. The van der Waals surface area contributed by atoms with Gasteiger partial charge < -0.3 is 20.5 Å². The number of hydrogen-bond acceptors (Lipinski definition) is 6. The highest BCUT2D eigenvalue weighted by molar-refractivity contribution is 5.91. The van der Waals surface area contributed by atoms with Crippen LogP contribution in [0, 0.1) is 5.92 Å². The average molecular weight is 486 g/mol. The highest BCUT2D eigenvalue weighted by atomic mass is 16.6. The van der Waals surface area contributed by atoms with Gasteiger partial charge in [0, 0.05) is 13.1 Å². The summed E-state index contributed by atoms with van der Waals surface area (Å²) >= 11 is 0. The molecule has 0 spiro atoms. The maximum absolute atomic E-state index is 13.0. The number of fused-ring (bicyclic) bond motifs is 3. The van der Waals surface area contributed by atoms with Crippen molar-refractivity contribution >= 4 is 12.1 Å². The summed E-state index contributed by atoms with van der Waals surface area (Å²) < 4.78 is 11.5. The second-order valence-corrected chi connectivity index (χ2v) is 9.44. The van der Waals surface area contributed by atoms with E-state index in [0.29, 0.717) is 23.8 Å². The van der Waals surface area contributed by atoms with Crippen LogP contribution in [0.5, 0.6) is 5.75 Å². The molecule has 0 aliphatic carbocycles. The number of nitrogens with two attached hydrogens (primary N) is 1. The van der Waals surface area contributed by atoms with Gasteiger partial charge in [0.15, 0.2) is 0 Å². The predicted octanol–water partition coefficient (Wildman–Crippen LogP) is 4.27. The van der Waals surface area contributed by atoms with Gasteiger partial charge in [-0.15, -0.1) is 0 Å². The van der Waals surface area contributed by atoms with Crippen LogP contribution in [0.3, 0.4) is 0 Å². The molecule has 0 saturated carbocycles. The minimum Gasteiger partial charge on any atom is -0.445 e.